The van der Waals surface area contributed by atoms with E-state index < -0.39 is 0 Å². The highest BCUT2D eigenvalue weighted by molar-refractivity contribution is 4.80. The van der Waals surface area contributed by atoms with Gasteiger partial charge in [0.25, 0.3) is 0 Å². The first kappa shape index (κ1) is 6.09. The lowest BCUT2D eigenvalue weighted by Gasteiger charge is -2.37. The van der Waals surface area contributed by atoms with E-state index in [4.69, 9.17) is 4.74 Å². The fourth-order valence-electron chi connectivity index (χ4n) is 1.02. The summed E-state index contributed by atoms with van der Waals surface area (Å²) >= 11 is 0. The van der Waals surface area contributed by atoms with E-state index in [1.807, 2.05) is 0 Å². The predicted molar refractivity (Wildman–Crippen MR) is 33.5 cm³/mol. The summed E-state index contributed by atoms with van der Waals surface area (Å²) in [6.45, 7) is 7.94. The Labute approximate surface area is 51.0 Å². The molecule has 1 saturated heterocycles. The van der Waals surface area contributed by atoms with Crippen LogP contribution in [0.5, 0.6) is 0 Å². The van der Waals surface area contributed by atoms with E-state index >= 15 is 0 Å². The summed E-state index contributed by atoms with van der Waals surface area (Å²) in [4.78, 5) is 0. The van der Waals surface area contributed by atoms with Crippen LogP contribution in [0, 0.1) is 12.3 Å². The topological polar surface area (TPSA) is 9.23 Å². The van der Waals surface area contributed by atoms with Crippen LogP contribution in [0.2, 0.25) is 0 Å². The quantitative estimate of drug-likeness (QED) is 0.529. The van der Waals surface area contributed by atoms with Gasteiger partial charge in [0, 0.05) is 5.41 Å². The maximum atomic E-state index is 5.06. The van der Waals surface area contributed by atoms with Gasteiger partial charge < -0.3 is 4.74 Å². The molecule has 0 spiro atoms. The molecule has 47 valence electrons. The molecular formula is C7H13O. The van der Waals surface area contributed by atoms with E-state index in [9.17, 15) is 0 Å². The van der Waals surface area contributed by atoms with E-state index in [1.165, 1.54) is 6.42 Å². The lowest BCUT2D eigenvalue weighted by molar-refractivity contribution is -0.105. The number of ether oxygens (including phenoxy) is 1. The van der Waals surface area contributed by atoms with Crippen LogP contribution in [-0.4, -0.2) is 13.2 Å². The fraction of sp³-hybridized carbons (Fsp3) is 0.857. The van der Waals surface area contributed by atoms with Gasteiger partial charge in [-0.25, -0.2) is 0 Å². The monoisotopic (exact) mass is 113 g/mol. The van der Waals surface area contributed by atoms with Gasteiger partial charge in [0.2, 0.25) is 0 Å². The van der Waals surface area contributed by atoms with Crippen molar-refractivity contribution in [3.63, 3.8) is 0 Å². The molecule has 1 fully saturated rings. The largest absolute Gasteiger partial charge is 0.380 e. The Balaban J connectivity index is 2.20. The molecule has 0 atom stereocenters. The van der Waals surface area contributed by atoms with Crippen LogP contribution < -0.4 is 0 Å². The molecule has 1 nitrogen and oxygen atoms in total. The Bertz CT molecular complexity index is 74.5. The highest BCUT2D eigenvalue weighted by atomic mass is 16.5. The van der Waals surface area contributed by atoms with Gasteiger partial charge in [-0.2, -0.15) is 0 Å². The standard InChI is InChI=1S/C7H13O/c1-3-4-7(2)5-8-6-7/h1,3-6H2,2H3. The second-order valence-electron chi connectivity index (χ2n) is 2.91. The first-order chi connectivity index (χ1) is 3.77. The highest BCUT2D eigenvalue weighted by Gasteiger charge is 2.31. The summed E-state index contributed by atoms with van der Waals surface area (Å²) < 4.78 is 5.06. The van der Waals surface area contributed by atoms with Gasteiger partial charge in [-0.1, -0.05) is 20.3 Å². The number of hydrogen-bond acceptors (Lipinski definition) is 1. The Morgan fingerprint density at radius 3 is 2.38 bits per heavy atom. The SMILES string of the molecule is [CH2]CCC1(C)COC1. The second kappa shape index (κ2) is 2.06. The minimum atomic E-state index is 0.488. The Morgan fingerprint density at radius 2 is 2.25 bits per heavy atom. The summed E-state index contributed by atoms with van der Waals surface area (Å²) in [6, 6.07) is 0. The van der Waals surface area contributed by atoms with E-state index in [1.54, 1.807) is 0 Å². The molecule has 1 rings (SSSR count). The molecular weight excluding hydrogens is 100 g/mol. The Hall–Kier alpha value is -0.0400. The molecule has 0 aromatic rings. The van der Waals surface area contributed by atoms with Gasteiger partial charge in [-0.3, -0.25) is 0 Å². The van der Waals surface area contributed by atoms with Crippen LogP contribution in [0.4, 0.5) is 0 Å². The van der Waals surface area contributed by atoms with Gasteiger partial charge >= 0.3 is 0 Å². The molecule has 8 heavy (non-hydrogen) atoms. The van der Waals surface area contributed by atoms with Gasteiger partial charge in [-0.05, 0) is 6.42 Å². The van der Waals surface area contributed by atoms with Crippen LogP contribution in [0.15, 0.2) is 0 Å². The first-order valence-corrected chi connectivity index (χ1v) is 3.14. The first-order valence-electron chi connectivity index (χ1n) is 3.14. The zero-order valence-corrected chi connectivity index (χ0v) is 5.44. The summed E-state index contributed by atoms with van der Waals surface area (Å²) in [6.07, 6.45) is 2.26. The summed E-state index contributed by atoms with van der Waals surface area (Å²) in [5, 5.41) is 0. The van der Waals surface area contributed by atoms with Crippen molar-refractivity contribution < 1.29 is 4.74 Å². The van der Waals surface area contributed by atoms with Crippen molar-refractivity contribution in [1.29, 1.82) is 0 Å². The minimum Gasteiger partial charge on any atom is -0.380 e. The van der Waals surface area contributed by atoms with Gasteiger partial charge in [0.1, 0.15) is 0 Å². The molecule has 1 heterocycles. The van der Waals surface area contributed by atoms with Crippen molar-refractivity contribution in [1.82, 2.24) is 0 Å². The number of rotatable bonds is 2. The summed E-state index contributed by atoms with van der Waals surface area (Å²) in [5.41, 5.74) is 0.488. The van der Waals surface area contributed by atoms with Gasteiger partial charge in [0.05, 0.1) is 13.2 Å². The van der Waals surface area contributed by atoms with Crippen molar-refractivity contribution in [2.75, 3.05) is 13.2 Å². The molecule has 0 amide bonds. The summed E-state index contributed by atoms with van der Waals surface area (Å²) in [5.74, 6) is 0. The van der Waals surface area contributed by atoms with E-state index in [0.717, 1.165) is 19.6 Å². The van der Waals surface area contributed by atoms with Gasteiger partial charge in [-0.15, -0.1) is 0 Å². The average Bonchev–Trinajstić information content (AvgIpc) is 1.64. The Morgan fingerprint density at radius 1 is 1.62 bits per heavy atom. The predicted octanol–water partition coefficient (Wildman–Crippen LogP) is 1.64. The zero-order chi connectivity index (χ0) is 6.04. The zero-order valence-electron chi connectivity index (χ0n) is 5.44. The minimum absolute atomic E-state index is 0.488. The smallest absolute Gasteiger partial charge is 0.0542 e. The van der Waals surface area contributed by atoms with E-state index in [0.29, 0.717) is 5.41 Å². The van der Waals surface area contributed by atoms with Crippen LogP contribution in [0.3, 0.4) is 0 Å². The molecule has 0 saturated carbocycles. The van der Waals surface area contributed by atoms with Crippen molar-refractivity contribution in [3.05, 3.63) is 6.92 Å². The van der Waals surface area contributed by atoms with Crippen LogP contribution in [-0.2, 0) is 4.74 Å². The van der Waals surface area contributed by atoms with E-state index in [-0.39, 0.29) is 0 Å². The van der Waals surface area contributed by atoms with Crippen molar-refractivity contribution in [3.8, 4) is 0 Å². The molecule has 0 aromatic heterocycles. The molecule has 0 aliphatic carbocycles. The van der Waals surface area contributed by atoms with Crippen LogP contribution >= 0.6 is 0 Å². The van der Waals surface area contributed by atoms with Crippen molar-refractivity contribution in [2.24, 2.45) is 5.41 Å². The second-order valence-corrected chi connectivity index (χ2v) is 2.91. The normalized spacial score (nSPS) is 24.8. The molecule has 1 aliphatic rings. The molecule has 1 aliphatic heterocycles. The maximum absolute atomic E-state index is 5.06. The van der Waals surface area contributed by atoms with Crippen molar-refractivity contribution >= 4 is 0 Å². The molecule has 0 bridgehead atoms. The molecule has 1 heteroatoms. The molecule has 0 N–H and O–H groups in total. The third-order valence-corrected chi connectivity index (χ3v) is 1.68. The third kappa shape index (κ3) is 1.03. The van der Waals surface area contributed by atoms with Gasteiger partial charge in [0.15, 0.2) is 0 Å². The lowest BCUT2D eigenvalue weighted by Crippen LogP contribution is -2.39. The summed E-state index contributed by atoms with van der Waals surface area (Å²) in [7, 11) is 0. The van der Waals surface area contributed by atoms with E-state index in [2.05, 4.69) is 13.8 Å². The molecule has 0 aromatic carbocycles. The lowest BCUT2D eigenvalue weighted by atomic mass is 9.84. The van der Waals surface area contributed by atoms with Crippen LogP contribution in [0.25, 0.3) is 0 Å². The highest BCUT2D eigenvalue weighted by Crippen LogP contribution is 2.31. The Kier molecular flexibility index (Phi) is 1.57. The third-order valence-electron chi connectivity index (χ3n) is 1.68. The average molecular weight is 113 g/mol. The fourth-order valence-corrected chi connectivity index (χ4v) is 1.02. The number of hydrogen-bond donors (Lipinski definition) is 0. The molecule has 1 radical (unpaired) electrons. The van der Waals surface area contributed by atoms with Crippen molar-refractivity contribution in [2.45, 2.75) is 19.8 Å². The molecule has 0 unspecified atom stereocenters. The van der Waals surface area contributed by atoms with Crippen LogP contribution in [0.1, 0.15) is 19.8 Å². The maximum Gasteiger partial charge on any atom is 0.0542 e.